The smallest absolute Gasteiger partial charge is 0.232 e. The van der Waals surface area contributed by atoms with Crippen molar-refractivity contribution in [2.75, 3.05) is 10.5 Å². The Balaban J connectivity index is 2.78. The van der Waals surface area contributed by atoms with Crippen LogP contribution in [-0.2, 0) is 10.0 Å². The molecule has 1 rings (SSSR count). The number of Topliss-reactive ketones (excluding diaryl/α,β-unsaturated/α-hetero) is 1. The van der Waals surface area contributed by atoms with Gasteiger partial charge in [0.15, 0.2) is 5.78 Å². The maximum atomic E-state index is 11.6. The van der Waals surface area contributed by atoms with Crippen LogP contribution >= 0.6 is 0 Å². The average molecular weight is 255 g/mol. The van der Waals surface area contributed by atoms with Crippen molar-refractivity contribution < 1.29 is 13.2 Å². The van der Waals surface area contributed by atoms with Crippen molar-refractivity contribution in [2.45, 2.75) is 26.7 Å². The number of carbonyl (C=O) groups is 1. The van der Waals surface area contributed by atoms with Crippen LogP contribution in [-0.4, -0.2) is 20.0 Å². The second-order valence-corrected chi connectivity index (χ2v) is 5.77. The van der Waals surface area contributed by atoms with Crippen LogP contribution < -0.4 is 4.72 Å². The van der Waals surface area contributed by atoms with Gasteiger partial charge in [0.25, 0.3) is 0 Å². The first-order chi connectivity index (χ1) is 7.98. The Hall–Kier alpha value is -1.36. The fourth-order valence-electron chi connectivity index (χ4n) is 1.35. The van der Waals surface area contributed by atoms with E-state index in [4.69, 9.17) is 0 Å². The van der Waals surface area contributed by atoms with Gasteiger partial charge in [0, 0.05) is 17.7 Å². The molecule has 0 amide bonds. The van der Waals surface area contributed by atoms with E-state index in [-0.39, 0.29) is 11.5 Å². The Morgan fingerprint density at radius 3 is 2.24 bits per heavy atom. The van der Waals surface area contributed by atoms with E-state index in [0.717, 1.165) is 6.42 Å². The van der Waals surface area contributed by atoms with Gasteiger partial charge in [-0.3, -0.25) is 9.52 Å². The van der Waals surface area contributed by atoms with Crippen molar-refractivity contribution in [1.29, 1.82) is 0 Å². The monoisotopic (exact) mass is 255 g/mol. The molecule has 0 saturated heterocycles. The standard InChI is InChI=1S/C12H17NO3S/c1-3-5-12(14)10-6-8-11(9-7-10)13-17(15,16)4-2/h6-9,13H,3-5H2,1-2H3. The molecule has 0 aliphatic carbocycles. The Morgan fingerprint density at radius 2 is 1.76 bits per heavy atom. The summed E-state index contributed by atoms with van der Waals surface area (Å²) >= 11 is 0. The van der Waals surface area contributed by atoms with Gasteiger partial charge in [-0.2, -0.15) is 0 Å². The quantitative estimate of drug-likeness (QED) is 0.794. The number of ketones is 1. The fourth-order valence-corrected chi connectivity index (χ4v) is 1.99. The van der Waals surface area contributed by atoms with Gasteiger partial charge in [0.2, 0.25) is 10.0 Å². The Kier molecular flexibility index (Phi) is 4.69. The Labute approximate surface area is 102 Å². The molecule has 0 unspecified atom stereocenters. The number of carbonyl (C=O) groups excluding carboxylic acids is 1. The molecule has 1 N–H and O–H groups in total. The zero-order valence-corrected chi connectivity index (χ0v) is 10.9. The lowest BCUT2D eigenvalue weighted by molar-refractivity contribution is 0.0982. The molecule has 0 bridgehead atoms. The molecule has 0 fully saturated rings. The van der Waals surface area contributed by atoms with Gasteiger partial charge in [0.1, 0.15) is 0 Å². The summed E-state index contributed by atoms with van der Waals surface area (Å²) in [5.74, 6) is 0.112. The number of rotatable bonds is 6. The van der Waals surface area contributed by atoms with Crippen molar-refractivity contribution >= 4 is 21.5 Å². The Morgan fingerprint density at radius 1 is 1.18 bits per heavy atom. The van der Waals surface area contributed by atoms with Gasteiger partial charge in [-0.1, -0.05) is 6.92 Å². The van der Waals surface area contributed by atoms with E-state index in [0.29, 0.717) is 17.7 Å². The highest BCUT2D eigenvalue weighted by molar-refractivity contribution is 7.92. The molecule has 1 aromatic rings. The van der Waals surface area contributed by atoms with Crippen LogP contribution in [0.25, 0.3) is 0 Å². The normalized spacial score (nSPS) is 11.2. The molecular formula is C12H17NO3S. The molecule has 0 spiro atoms. The van der Waals surface area contributed by atoms with Crippen LogP contribution in [0.15, 0.2) is 24.3 Å². The zero-order valence-electron chi connectivity index (χ0n) is 10.1. The molecule has 0 saturated carbocycles. The third-order valence-corrected chi connectivity index (χ3v) is 3.64. The number of nitrogens with one attached hydrogen (secondary N) is 1. The summed E-state index contributed by atoms with van der Waals surface area (Å²) < 4.78 is 25.1. The molecular weight excluding hydrogens is 238 g/mol. The molecule has 17 heavy (non-hydrogen) atoms. The van der Waals surface area contributed by atoms with Crippen molar-refractivity contribution in [1.82, 2.24) is 0 Å². The van der Waals surface area contributed by atoms with Crippen LogP contribution in [0.1, 0.15) is 37.0 Å². The van der Waals surface area contributed by atoms with E-state index in [9.17, 15) is 13.2 Å². The number of anilines is 1. The van der Waals surface area contributed by atoms with Crippen LogP contribution in [0.3, 0.4) is 0 Å². The summed E-state index contributed by atoms with van der Waals surface area (Å²) in [6, 6.07) is 6.50. The number of benzene rings is 1. The largest absolute Gasteiger partial charge is 0.294 e. The summed E-state index contributed by atoms with van der Waals surface area (Å²) in [6.45, 7) is 3.52. The summed E-state index contributed by atoms with van der Waals surface area (Å²) in [6.07, 6.45) is 1.32. The lowest BCUT2D eigenvalue weighted by Crippen LogP contribution is -2.14. The first-order valence-corrected chi connectivity index (χ1v) is 7.27. The SMILES string of the molecule is CCCC(=O)c1ccc(NS(=O)(=O)CC)cc1. The highest BCUT2D eigenvalue weighted by atomic mass is 32.2. The number of hydrogen-bond donors (Lipinski definition) is 1. The van der Waals surface area contributed by atoms with Crippen LogP contribution in [0.5, 0.6) is 0 Å². The van der Waals surface area contributed by atoms with E-state index < -0.39 is 10.0 Å². The van der Waals surface area contributed by atoms with Crippen LogP contribution in [0.2, 0.25) is 0 Å². The van der Waals surface area contributed by atoms with E-state index in [1.807, 2.05) is 6.92 Å². The van der Waals surface area contributed by atoms with Gasteiger partial charge in [-0.15, -0.1) is 0 Å². The average Bonchev–Trinajstić information content (AvgIpc) is 2.30. The topological polar surface area (TPSA) is 63.2 Å². The molecule has 4 nitrogen and oxygen atoms in total. The maximum Gasteiger partial charge on any atom is 0.232 e. The summed E-state index contributed by atoms with van der Waals surface area (Å²) in [5, 5.41) is 0. The molecule has 0 atom stereocenters. The third-order valence-electron chi connectivity index (χ3n) is 2.34. The minimum Gasteiger partial charge on any atom is -0.294 e. The van der Waals surface area contributed by atoms with Gasteiger partial charge in [-0.05, 0) is 37.6 Å². The van der Waals surface area contributed by atoms with E-state index in [1.165, 1.54) is 0 Å². The predicted octanol–water partition coefficient (Wildman–Crippen LogP) is 2.43. The molecule has 1 aromatic carbocycles. The molecule has 0 radical (unpaired) electrons. The van der Waals surface area contributed by atoms with Crippen LogP contribution in [0.4, 0.5) is 5.69 Å². The molecule has 94 valence electrons. The summed E-state index contributed by atoms with van der Waals surface area (Å²) in [4.78, 5) is 11.6. The lowest BCUT2D eigenvalue weighted by atomic mass is 10.1. The predicted molar refractivity (Wildman–Crippen MR) is 68.8 cm³/mol. The fraction of sp³-hybridized carbons (Fsp3) is 0.417. The van der Waals surface area contributed by atoms with Gasteiger partial charge in [-0.25, -0.2) is 8.42 Å². The van der Waals surface area contributed by atoms with E-state index in [1.54, 1.807) is 31.2 Å². The zero-order chi connectivity index (χ0) is 12.9. The van der Waals surface area contributed by atoms with Crippen molar-refractivity contribution in [3.8, 4) is 0 Å². The molecule has 0 heterocycles. The highest BCUT2D eigenvalue weighted by Gasteiger charge is 2.08. The molecule has 0 aliphatic rings. The van der Waals surface area contributed by atoms with Gasteiger partial charge < -0.3 is 0 Å². The first-order valence-electron chi connectivity index (χ1n) is 5.62. The summed E-state index contributed by atoms with van der Waals surface area (Å²) in [7, 11) is -3.25. The third kappa shape index (κ3) is 4.19. The minimum atomic E-state index is -3.25. The summed E-state index contributed by atoms with van der Waals surface area (Å²) in [5.41, 5.74) is 1.10. The second kappa shape index (κ2) is 5.82. The van der Waals surface area contributed by atoms with E-state index in [2.05, 4.69) is 4.72 Å². The molecule has 0 aromatic heterocycles. The van der Waals surface area contributed by atoms with Crippen molar-refractivity contribution in [2.24, 2.45) is 0 Å². The molecule has 0 aliphatic heterocycles. The first kappa shape index (κ1) is 13.7. The second-order valence-electron chi connectivity index (χ2n) is 3.76. The number of hydrogen-bond acceptors (Lipinski definition) is 3. The molecule has 5 heteroatoms. The van der Waals surface area contributed by atoms with Gasteiger partial charge >= 0.3 is 0 Å². The van der Waals surface area contributed by atoms with Gasteiger partial charge in [0.05, 0.1) is 5.75 Å². The van der Waals surface area contributed by atoms with Crippen LogP contribution in [0, 0.1) is 0 Å². The van der Waals surface area contributed by atoms with E-state index >= 15 is 0 Å². The van der Waals surface area contributed by atoms with Crippen molar-refractivity contribution in [3.63, 3.8) is 0 Å². The minimum absolute atomic E-state index is 0.0313. The van der Waals surface area contributed by atoms with Crippen molar-refractivity contribution in [3.05, 3.63) is 29.8 Å². The maximum absolute atomic E-state index is 11.6. The Bertz CT molecular complexity index is 477. The highest BCUT2D eigenvalue weighted by Crippen LogP contribution is 2.13. The lowest BCUT2D eigenvalue weighted by Gasteiger charge is -2.06. The number of sulfonamides is 1.